The van der Waals surface area contributed by atoms with E-state index in [1.165, 1.54) is 23.2 Å². The molecule has 30 heavy (non-hydrogen) atoms. The number of alkyl halides is 3. The summed E-state index contributed by atoms with van der Waals surface area (Å²) in [4.78, 5) is 13.1. The van der Waals surface area contributed by atoms with Gasteiger partial charge in [0.05, 0.1) is 28.7 Å². The summed E-state index contributed by atoms with van der Waals surface area (Å²) in [5.41, 5.74) is -0.710. The first-order chi connectivity index (χ1) is 14.2. The van der Waals surface area contributed by atoms with E-state index in [1.807, 2.05) is 5.01 Å². The standard InChI is InChI=1S/C19H14ClF3N2O3S2/c20-14-3-1-11(19(21,22)23)9-13(14)15-4-2-12(28-15)10-16-17(26)25(18(29)30-16)24-5-7-27-8-6-24/h1-4,9-10H,5-8H2/b16-10-. The fraction of sp³-hybridized carbons (Fsp3) is 0.263. The molecule has 2 aromatic rings. The van der Waals surface area contributed by atoms with E-state index >= 15 is 0 Å². The first-order valence-corrected chi connectivity index (χ1v) is 10.4. The number of furan rings is 1. The highest BCUT2D eigenvalue weighted by molar-refractivity contribution is 8.26. The number of halogens is 4. The van der Waals surface area contributed by atoms with Crippen molar-refractivity contribution in [3.63, 3.8) is 0 Å². The maximum atomic E-state index is 13.0. The lowest BCUT2D eigenvalue weighted by Gasteiger charge is -2.33. The number of hydrogen-bond donors (Lipinski definition) is 0. The molecule has 4 rings (SSSR count). The van der Waals surface area contributed by atoms with Crippen LogP contribution in [0.2, 0.25) is 5.02 Å². The van der Waals surface area contributed by atoms with Crippen molar-refractivity contribution in [2.75, 3.05) is 26.3 Å². The van der Waals surface area contributed by atoms with Crippen molar-refractivity contribution < 1.29 is 27.1 Å². The molecule has 2 saturated heterocycles. The summed E-state index contributed by atoms with van der Waals surface area (Å²) in [6.07, 6.45) is -2.98. The molecule has 2 fully saturated rings. The monoisotopic (exact) mass is 474 g/mol. The molecule has 0 radical (unpaired) electrons. The van der Waals surface area contributed by atoms with Crippen LogP contribution in [0.15, 0.2) is 39.7 Å². The number of benzene rings is 1. The minimum absolute atomic E-state index is 0.118. The highest BCUT2D eigenvalue weighted by atomic mass is 35.5. The zero-order valence-corrected chi connectivity index (χ0v) is 17.6. The molecule has 2 aliphatic heterocycles. The van der Waals surface area contributed by atoms with Gasteiger partial charge in [-0.25, -0.2) is 10.0 Å². The van der Waals surface area contributed by atoms with Crippen molar-refractivity contribution in [2.24, 2.45) is 0 Å². The Hall–Kier alpha value is -1.85. The van der Waals surface area contributed by atoms with E-state index in [2.05, 4.69) is 0 Å². The molecule has 0 unspecified atom stereocenters. The van der Waals surface area contributed by atoms with Gasteiger partial charge in [0.25, 0.3) is 5.91 Å². The van der Waals surface area contributed by atoms with Gasteiger partial charge in [-0.15, -0.1) is 0 Å². The lowest BCUT2D eigenvalue weighted by atomic mass is 10.1. The summed E-state index contributed by atoms with van der Waals surface area (Å²) in [5.74, 6) is 0.198. The molecule has 0 saturated carbocycles. The van der Waals surface area contributed by atoms with E-state index in [1.54, 1.807) is 6.07 Å². The minimum atomic E-state index is -4.50. The van der Waals surface area contributed by atoms with Crippen LogP contribution in [-0.2, 0) is 15.7 Å². The van der Waals surface area contributed by atoms with Gasteiger partial charge in [-0.3, -0.25) is 4.79 Å². The quantitative estimate of drug-likeness (QED) is 0.457. The van der Waals surface area contributed by atoms with Crippen molar-refractivity contribution in [3.05, 3.63) is 51.6 Å². The molecule has 1 aromatic carbocycles. The normalized spacial score (nSPS) is 19.9. The van der Waals surface area contributed by atoms with Gasteiger partial charge in [-0.05, 0) is 30.3 Å². The van der Waals surface area contributed by atoms with Crippen LogP contribution in [0.4, 0.5) is 13.2 Å². The lowest BCUT2D eigenvalue weighted by molar-refractivity contribution is -0.138. The first kappa shape index (κ1) is 21.4. The molecule has 5 nitrogen and oxygen atoms in total. The third kappa shape index (κ3) is 4.28. The Balaban J connectivity index is 1.59. The molecule has 11 heteroatoms. The van der Waals surface area contributed by atoms with Crippen LogP contribution in [0.3, 0.4) is 0 Å². The summed E-state index contributed by atoms with van der Waals surface area (Å²) in [6, 6.07) is 6.09. The SMILES string of the molecule is O=C1/C(=C/c2ccc(-c3cc(C(F)(F)F)ccc3Cl)o2)SC(=S)N1N1CCOCC1. The second kappa shape index (κ2) is 8.35. The van der Waals surface area contributed by atoms with Crippen LogP contribution >= 0.6 is 35.6 Å². The predicted octanol–water partition coefficient (Wildman–Crippen LogP) is 5.07. The van der Waals surface area contributed by atoms with Crippen LogP contribution in [0, 0.1) is 0 Å². The second-order valence-corrected chi connectivity index (χ2v) is 8.54. The highest BCUT2D eigenvalue weighted by Crippen LogP contribution is 2.38. The Labute approximate surface area is 184 Å². The summed E-state index contributed by atoms with van der Waals surface area (Å²) >= 11 is 12.5. The third-order valence-electron chi connectivity index (χ3n) is 4.50. The van der Waals surface area contributed by atoms with Crippen LogP contribution in [0.5, 0.6) is 0 Å². The van der Waals surface area contributed by atoms with E-state index < -0.39 is 11.7 Å². The summed E-state index contributed by atoms with van der Waals surface area (Å²) in [5, 5.41) is 3.40. The van der Waals surface area contributed by atoms with Crippen molar-refractivity contribution in [1.29, 1.82) is 0 Å². The predicted molar refractivity (Wildman–Crippen MR) is 112 cm³/mol. The van der Waals surface area contributed by atoms with Gasteiger partial charge in [-0.1, -0.05) is 35.6 Å². The Morgan fingerprint density at radius 1 is 1.17 bits per heavy atom. The lowest BCUT2D eigenvalue weighted by Crippen LogP contribution is -2.50. The largest absolute Gasteiger partial charge is 0.457 e. The van der Waals surface area contributed by atoms with Crippen LogP contribution in [0.25, 0.3) is 17.4 Å². The Bertz CT molecular complexity index is 1030. The number of rotatable bonds is 3. The van der Waals surface area contributed by atoms with Gasteiger partial charge in [0.2, 0.25) is 0 Å². The molecule has 0 atom stereocenters. The number of amides is 1. The summed E-state index contributed by atoms with van der Waals surface area (Å²) in [7, 11) is 0. The number of thiocarbonyl (C=S) groups is 1. The first-order valence-electron chi connectivity index (χ1n) is 8.81. The van der Waals surface area contributed by atoms with E-state index in [-0.39, 0.29) is 22.3 Å². The zero-order valence-electron chi connectivity index (χ0n) is 15.2. The molecular weight excluding hydrogens is 461 g/mol. The number of nitrogens with zero attached hydrogens (tertiary/aromatic N) is 2. The van der Waals surface area contributed by atoms with Gasteiger partial charge in [-0.2, -0.15) is 13.2 Å². The number of ether oxygens (including phenoxy) is 1. The summed E-state index contributed by atoms with van der Waals surface area (Å²) in [6.45, 7) is 2.13. The van der Waals surface area contributed by atoms with Gasteiger partial charge in [0.1, 0.15) is 11.5 Å². The number of morpholine rings is 1. The van der Waals surface area contributed by atoms with E-state index in [4.69, 9.17) is 33.0 Å². The second-order valence-electron chi connectivity index (χ2n) is 6.45. The molecule has 0 bridgehead atoms. The molecule has 0 aliphatic carbocycles. The zero-order chi connectivity index (χ0) is 21.5. The van der Waals surface area contributed by atoms with E-state index in [9.17, 15) is 18.0 Å². The molecular formula is C19H14ClF3N2O3S2. The molecule has 158 valence electrons. The molecule has 0 N–H and O–H groups in total. The van der Waals surface area contributed by atoms with Crippen molar-refractivity contribution >= 4 is 51.9 Å². The van der Waals surface area contributed by atoms with Gasteiger partial charge in [0.15, 0.2) is 4.32 Å². The van der Waals surface area contributed by atoms with Crippen LogP contribution in [0.1, 0.15) is 11.3 Å². The van der Waals surface area contributed by atoms with E-state index in [0.29, 0.717) is 41.3 Å². The van der Waals surface area contributed by atoms with E-state index in [0.717, 1.165) is 23.9 Å². The van der Waals surface area contributed by atoms with Gasteiger partial charge >= 0.3 is 6.18 Å². The topological polar surface area (TPSA) is 45.9 Å². The van der Waals surface area contributed by atoms with Crippen molar-refractivity contribution in [1.82, 2.24) is 10.0 Å². The maximum Gasteiger partial charge on any atom is 0.416 e. The Kier molecular flexibility index (Phi) is 5.95. The van der Waals surface area contributed by atoms with Gasteiger partial charge in [0, 0.05) is 24.7 Å². The average molecular weight is 475 g/mol. The molecule has 1 aromatic heterocycles. The minimum Gasteiger partial charge on any atom is -0.457 e. The number of hydrogen-bond acceptors (Lipinski definition) is 6. The Morgan fingerprint density at radius 2 is 1.90 bits per heavy atom. The Morgan fingerprint density at radius 3 is 2.60 bits per heavy atom. The maximum absolute atomic E-state index is 13.0. The third-order valence-corrected chi connectivity index (χ3v) is 6.12. The summed E-state index contributed by atoms with van der Waals surface area (Å²) < 4.78 is 50.4. The number of carbonyl (C=O) groups is 1. The number of carbonyl (C=O) groups excluding carboxylic acids is 1. The fourth-order valence-electron chi connectivity index (χ4n) is 3.05. The van der Waals surface area contributed by atoms with Crippen molar-refractivity contribution in [3.8, 4) is 11.3 Å². The molecule has 2 aliphatic rings. The van der Waals surface area contributed by atoms with Crippen LogP contribution in [-0.4, -0.2) is 46.5 Å². The van der Waals surface area contributed by atoms with Crippen molar-refractivity contribution in [2.45, 2.75) is 6.18 Å². The number of hydrazine groups is 1. The molecule has 3 heterocycles. The van der Waals surface area contributed by atoms with Gasteiger partial charge < -0.3 is 9.15 Å². The number of thioether (sulfide) groups is 1. The molecule has 1 amide bonds. The van der Waals surface area contributed by atoms with Crippen LogP contribution < -0.4 is 0 Å². The average Bonchev–Trinajstić information content (AvgIpc) is 3.26. The highest BCUT2D eigenvalue weighted by Gasteiger charge is 2.37. The smallest absolute Gasteiger partial charge is 0.416 e. The fourth-order valence-corrected chi connectivity index (χ4v) is 4.55. The molecule has 0 spiro atoms.